The zero-order chi connectivity index (χ0) is 7.40. The molecule has 1 fully saturated rings. The molecular weight excluding hydrogens is 124 g/mol. The van der Waals surface area contributed by atoms with Gasteiger partial charge < -0.3 is 4.74 Å². The average molecular weight is 141 g/mol. The fraction of sp³-hybridized carbons (Fsp3) is 0.889. The Hall–Kier alpha value is -0.0400. The quantitative estimate of drug-likeness (QED) is 0.574. The van der Waals surface area contributed by atoms with Crippen LogP contribution in [0.25, 0.3) is 0 Å². The van der Waals surface area contributed by atoms with Gasteiger partial charge in [0.15, 0.2) is 0 Å². The molecule has 1 heteroatoms. The van der Waals surface area contributed by atoms with Crippen LogP contribution in [0.1, 0.15) is 33.1 Å². The van der Waals surface area contributed by atoms with Crippen LogP contribution >= 0.6 is 0 Å². The molecule has 10 heavy (non-hydrogen) atoms. The van der Waals surface area contributed by atoms with Crippen molar-refractivity contribution in [2.75, 3.05) is 6.61 Å². The van der Waals surface area contributed by atoms with Gasteiger partial charge in [-0.25, -0.2) is 0 Å². The van der Waals surface area contributed by atoms with E-state index < -0.39 is 0 Å². The van der Waals surface area contributed by atoms with Crippen LogP contribution in [0.4, 0.5) is 0 Å². The molecule has 0 aliphatic heterocycles. The molecule has 1 nitrogen and oxygen atoms in total. The molecule has 0 bridgehead atoms. The lowest BCUT2D eigenvalue weighted by Crippen LogP contribution is -2.20. The molecular formula is C9H17O. The Balaban J connectivity index is 2.13. The molecule has 2 atom stereocenters. The van der Waals surface area contributed by atoms with E-state index in [4.69, 9.17) is 4.74 Å². The molecule has 0 amide bonds. The number of rotatable bonds is 2. The molecule has 1 radical (unpaired) electrons. The van der Waals surface area contributed by atoms with Gasteiger partial charge in [0, 0.05) is 6.61 Å². The third-order valence-corrected chi connectivity index (χ3v) is 2.15. The molecule has 2 unspecified atom stereocenters. The summed E-state index contributed by atoms with van der Waals surface area (Å²) in [7, 11) is 0. The van der Waals surface area contributed by atoms with Gasteiger partial charge in [-0.15, -0.1) is 0 Å². The Kier molecular flexibility index (Phi) is 3.20. The SMILES string of the molecule is CCOC1C[CH]C(C)CC1. The largest absolute Gasteiger partial charge is 0.378 e. The van der Waals surface area contributed by atoms with Crippen molar-refractivity contribution in [3.63, 3.8) is 0 Å². The Labute approximate surface area is 63.8 Å². The maximum atomic E-state index is 5.50. The van der Waals surface area contributed by atoms with Crippen LogP contribution in [0.3, 0.4) is 0 Å². The van der Waals surface area contributed by atoms with E-state index in [2.05, 4.69) is 20.3 Å². The fourth-order valence-corrected chi connectivity index (χ4v) is 1.46. The van der Waals surface area contributed by atoms with Gasteiger partial charge in [-0.1, -0.05) is 6.92 Å². The predicted molar refractivity (Wildman–Crippen MR) is 42.7 cm³/mol. The van der Waals surface area contributed by atoms with Gasteiger partial charge in [-0.2, -0.15) is 0 Å². The molecule has 1 saturated carbocycles. The lowest BCUT2D eigenvalue weighted by molar-refractivity contribution is 0.0413. The normalized spacial score (nSPS) is 34.2. The highest BCUT2D eigenvalue weighted by Crippen LogP contribution is 2.24. The molecule has 1 aliphatic carbocycles. The van der Waals surface area contributed by atoms with E-state index in [1.165, 1.54) is 12.8 Å². The molecule has 0 spiro atoms. The van der Waals surface area contributed by atoms with Crippen LogP contribution in [-0.2, 0) is 4.74 Å². The van der Waals surface area contributed by atoms with Crippen LogP contribution in [0, 0.1) is 12.3 Å². The molecule has 1 rings (SSSR count). The van der Waals surface area contributed by atoms with Crippen molar-refractivity contribution < 1.29 is 4.74 Å². The van der Waals surface area contributed by atoms with Gasteiger partial charge in [-0.3, -0.25) is 0 Å². The van der Waals surface area contributed by atoms with Crippen LogP contribution in [0.2, 0.25) is 0 Å². The summed E-state index contributed by atoms with van der Waals surface area (Å²) in [6, 6.07) is 0. The Bertz CT molecular complexity index is 82.7. The molecule has 0 aromatic rings. The van der Waals surface area contributed by atoms with E-state index >= 15 is 0 Å². The van der Waals surface area contributed by atoms with Crippen molar-refractivity contribution in [1.82, 2.24) is 0 Å². The maximum Gasteiger partial charge on any atom is 0.0578 e. The van der Waals surface area contributed by atoms with Gasteiger partial charge in [0.25, 0.3) is 0 Å². The Morgan fingerprint density at radius 3 is 2.80 bits per heavy atom. The highest BCUT2D eigenvalue weighted by atomic mass is 16.5. The van der Waals surface area contributed by atoms with E-state index in [1.807, 2.05) is 0 Å². The zero-order valence-corrected chi connectivity index (χ0v) is 6.97. The first kappa shape index (κ1) is 8.06. The summed E-state index contributed by atoms with van der Waals surface area (Å²) in [4.78, 5) is 0. The first-order valence-corrected chi connectivity index (χ1v) is 4.28. The van der Waals surface area contributed by atoms with Gasteiger partial charge in [0.1, 0.15) is 0 Å². The molecule has 0 N–H and O–H groups in total. The standard InChI is InChI=1S/C9H17O/c1-3-10-9-6-4-8(2)5-7-9/h4,8-9H,3,5-7H2,1-2H3. The summed E-state index contributed by atoms with van der Waals surface area (Å²) in [6.45, 7) is 5.22. The van der Waals surface area contributed by atoms with E-state index in [9.17, 15) is 0 Å². The minimum Gasteiger partial charge on any atom is -0.378 e. The van der Waals surface area contributed by atoms with Crippen LogP contribution in [0.5, 0.6) is 0 Å². The topological polar surface area (TPSA) is 9.23 Å². The highest BCUT2D eigenvalue weighted by Gasteiger charge is 2.17. The van der Waals surface area contributed by atoms with Gasteiger partial charge in [-0.05, 0) is 38.5 Å². The lowest BCUT2D eigenvalue weighted by atomic mass is 9.89. The lowest BCUT2D eigenvalue weighted by Gasteiger charge is -2.25. The van der Waals surface area contributed by atoms with Crippen molar-refractivity contribution in [2.24, 2.45) is 5.92 Å². The van der Waals surface area contributed by atoms with Crippen molar-refractivity contribution >= 4 is 0 Å². The highest BCUT2D eigenvalue weighted by molar-refractivity contribution is 4.83. The molecule has 1 aliphatic rings. The first-order chi connectivity index (χ1) is 4.83. The maximum absolute atomic E-state index is 5.50. The molecule has 0 heterocycles. The molecule has 0 aromatic carbocycles. The van der Waals surface area contributed by atoms with E-state index in [-0.39, 0.29) is 0 Å². The summed E-state index contributed by atoms with van der Waals surface area (Å²) in [6.07, 6.45) is 6.64. The van der Waals surface area contributed by atoms with Crippen LogP contribution in [-0.4, -0.2) is 12.7 Å². The summed E-state index contributed by atoms with van der Waals surface area (Å²) in [5, 5.41) is 0. The molecule has 0 aromatic heterocycles. The minimum absolute atomic E-state index is 0.529. The molecule has 59 valence electrons. The minimum atomic E-state index is 0.529. The van der Waals surface area contributed by atoms with Gasteiger partial charge in [0.05, 0.1) is 6.10 Å². The summed E-state index contributed by atoms with van der Waals surface area (Å²) in [5.41, 5.74) is 0. The predicted octanol–water partition coefficient (Wildman–Crippen LogP) is 2.42. The van der Waals surface area contributed by atoms with Crippen molar-refractivity contribution in [2.45, 2.75) is 39.2 Å². The average Bonchev–Trinajstić information content (AvgIpc) is 1.95. The second-order valence-corrected chi connectivity index (χ2v) is 3.10. The van der Waals surface area contributed by atoms with E-state index in [1.54, 1.807) is 0 Å². The van der Waals surface area contributed by atoms with Gasteiger partial charge >= 0.3 is 0 Å². The summed E-state index contributed by atoms with van der Waals surface area (Å²) in [5.74, 6) is 0.816. The van der Waals surface area contributed by atoms with Crippen LogP contribution < -0.4 is 0 Å². The summed E-state index contributed by atoms with van der Waals surface area (Å²) < 4.78 is 5.50. The second kappa shape index (κ2) is 3.97. The number of ether oxygens (including phenoxy) is 1. The summed E-state index contributed by atoms with van der Waals surface area (Å²) >= 11 is 0. The third kappa shape index (κ3) is 2.30. The smallest absolute Gasteiger partial charge is 0.0578 e. The third-order valence-electron chi connectivity index (χ3n) is 2.15. The van der Waals surface area contributed by atoms with Crippen molar-refractivity contribution in [3.05, 3.63) is 6.42 Å². The van der Waals surface area contributed by atoms with Gasteiger partial charge in [0.2, 0.25) is 0 Å². The first-order valence-electron chi connectivity index (χ1n) is 4.28. The zero-order valence-electron chi connectivity index (χ0n) is 6.97. The van der Waals surface area contributed by atoms with E-state index in [0.29, 0.717) is 6.10 Å². The Morgan fingerprint density at radius 1 is 1.50 bits per heavy atom. The Morgan fingerprint density at radius 2 is 2.30 bits per heavy atom. The monoisotopic (exact) mass is 141 g/mol. The number of hydrogen-bond donors (Lipinski definition) is 0. The second-order valence-electron chi connectivity index (χ2n) is 3.10. The van der Waals surface area contributed by atoms with E-state index in [0.717, 1.165) is 18.9 Å². The van der Waals surface area contributed by atoms with Crippen molar-refractivity contribution in [3.8, 4) is 0 Å². The molecule has 0 saturated heterocycles. The van der Waals surface area contributed by atoms with Crippen LogP contribution in [0.15, 0.2) is 0 Å². The van der Waals surface area contributed by atoms with Crippen molar-refractivity contribution in [1.29, 1.82) is 0 Å². The number of hydrogen-bond acceptors (Lipinski definition) is 1. The fourth-order valence-electron chi connectivity index (χ4n) is 1.46.